The Morgan fingerprint density at radius 2 is 1.94 bits per heavy atom. The SMILES string of the molecule is CC[C@@H](COC)c1ccc(F)c(C(F)(F)F)c1. The van der Waals surface area contributed by atoms with Gasteiger partial charge in [-0.1, -0.05) is 13.0 Å². The van der Waals surface area contributed by atoms with Gasteiger partial charge in [-0.3, -0.25) is 0 Å². The van der Waals surface area contributed by atoms with Crippen LogP contribution in [-0.4, -0.2) is 13.7 Å². The highest BCUT2D eigenvalue weighted by Gasteiger charge is 2.34. The minimum atomic E-state index is -4.66. The second-order valence-electron chi connectivity index (χ2n) is 3.80. The maximum absolute atomic E-state index is 13.1. The average molecular weight is 250 g/mol. The Bertz CT molecular complexity index is 373. The van der Waals surface area contributed by atoms with Crippen molar-refractivity contribution in [3.8, 4) is 0 Å². The fourth-order valence-electron chi connectivity index (χ4n) is 1.67. The molecular weight excluding hydrogens is 236 g/mol. The van der Waals surface area contributed by atoms with Crippen LogP contribution in [-0.2, 0) is 10.9 Å². The third-order valence-corrected chi connectivity index (χ3v) is 2.63. The molecular formula is C12H14F4O. The molecule has 0 unspecified atom stereocenters. The highest BCUT2D eigenvalue weighted by molar-refractivity contribution is 5.29. The summed E-state index contributed by atoms with van der Waals surface area (Å²) in [6.07, 6.45) is -4.03. The van der Waals surface area contributed by atoms with Crippen molar-refractivity contribution in [2.24, 2.45) is 0 Å². The van der Waals surface area contributed by atoms with Crippen LogP contribution >= 0.6 is 0 Å². The summed E-state index contributed by atoms with van der Waals surface area (Å²) in [4.78, 5) is 0. The molecule has 5 heteroatoms. The molecule has 0 aromatic heterocycles. The lowest BCUT2D eigenvalue weighted by Crippen LogP contribution is -2.11. The van der Waals surface area contributed by atoms with Crippen LogP contribution in [0.1, 0.15) is 30.4 Å². The van der Waals surface area contributed by atoms with E-state index in [1.165, 1.54) is 13.2 Å². The Morgan fingerprint density at radius 1 is 1.29 bits per heavy atom. The van der Waals surface area contributed by atoms with E-state index in [4.69, 9.17) is 4.74 Å². The second kappa shape index (κ2) is 5.49. The second-order valence-corrected chi connectivity index (χ2v) is 3.80. The van der Waals surface area contributed by atoms with Gasteiger partial charge in [0.05, 0.1) is 12.2 Å². The molecule has 1 aromatic carbocycles. The summed E-state index contributed by atoms with van der Waals surface area (Å²) in [7, 11) is 1.48. The van der Waals surface area contributed by atoms with Crippen molar-refractivity contribution < 1.29 is 22.3 Å². The van der Waals surface area contributed by atoms with Gasteiger partial charge in [0.25, 0.3) is 0 Å². The van der Waals surface area contributed by atoms with Crippen molar-refractivity contribution in [1.82, 2.24) is 0 Å². The van der Waals surface area contributed by atoms with E-state index < -0.39 is 17.6 Å². The summed E-state index contributed by atoms with van der Waals surface area (Å²) < 4.78 is 55.5. The van der Waals surface area contributed by atoms with Crippen molar-refractivity contribution in [3.63, 3.8) is 0 Å². The number of methoxy groups -OCH3 is 1. The Balaban J connectivity index is 3.11. The molecule has 0 amide bonds. The molecule has 1 nitrogen and oxygen atoms in total. The minimum absolute atomic E-state index is 0.151. The van der Waals surface area contributed by atoms with E-state index in [9.17, 15) is 17.6 Å². The number of rotatable bonds is 4. The van der Waals surface area contributed by atoms with Crippen LogP contribution in [0, 0.1) is 5.82 Å². The first kappa shape index (κ1) is 14.0. The first-order valence-corrected chi connectivity index (χ1v) is 5.25. The summed E-state index contributed by atoms with van der Waals surface area (Å²) >= 11 is 0. The standard InChI is InChI=1S/C12H14F4O/c1-3-8(7-17-2)9-4-5-11(13)10(6-9)12(14,15)16/h4-6,8H,3,7H2,1-2H3/t8-/m0/s1. The summed E-state index contributed by atoms with van der Waals surface area (Å²) in [5, 5.41) is 0. The number of benzene rings is 1. The molecule has 96 valence electrons. The molecule has 0 radical (unpaired) electrons. The van der Waals surface area contributed by atoms with E-state index in [1.807, 2.05) is 6.92 Å². The molecule has 0 aliphatic rings. The van der Waals surface area contributed by atoms with Crippen molar-refractivity contribution in [1.29, 1.82) is 0 Å². The molecule has 17 heavy (non-hydrogen) atoms. The van der Waals surface area contributed by atoms with Crippen LogP contribution in [0.3, 0.4) is 0 Å². The smallest absolute Gasteiger partial charge is 0.384 e. The highest BCUT2D eigenvalue weighted by atomic mass is 19.4. The monoisotopic (exact) mass is 250 g/mol. The van der Waals surface area contributed by atoms with Gasteiger partial charge in [0.15, 0.2) is 0 Å². The van der Waals surface area contributed by atoms with E-state index >= 15 is 0 Å². The molecule has 0 fully saturated rings. The van der Waals surface area contributed by atoms with Crippen LogP contribution in [0.15, 0.2) is 18.2 Å². The predicted octanol–water partition coefficient (Wildman–Crippen LogP) is 3.98. The first-order chi connectivity index (χ1) is 7.90. The fraction of sp³-hybridized carbons (Fsp3) is 0.500. The van der Waals surface area contributed by atoms with Gasteiger partial charge in [-0.05, 0) is 24.1 Å². The van der Waals surface area contributed by atoms with Gasteiger partial charge in [0, 0.05) is 13.0 Å². The van der Waals surface area contributed by atoms with Crippen molar-refractivity contribution in [3.05, 3.63) is 35.1 Å². The zero-order valence-electron chi connectivity index (χ0n) is 9.64. The minimum Gasteiger partial charge on any atom is -0.384 e. The van der Waals surface area contributed by atoms with Crippen LogP contribution in [0.2, 0.25) is 0 Å². The summed E-state index contributed by atoms with van der Waals surface area (Å²) in [6, 6.07) is 3.09. The Hall–Kier alpha value is -1.10. The van der Waals surface area contributed by atoms with E-state index in [1.54, 1.807) is 0 Å². The van der Waals surface area contributed by atoms with Gasteiger partial charge in [-0.15, -0.1) is 0 Å². The predicted molar refractivity (Wildman–Crippen MR) is 56.3 cm³/mol. The first-order valence-electron chi connectivity index (χ1n) is 5.25. The zero-order valence-corrected chi connectivity index (χ0v) is 9.64. The lowest BCUT2D eigenvalue weighted by molar-refractivity contribution is -0.140. The van der Waals surface area contributed by atoms with Crippen LogP contribution in [0.25, 0.3) is 0 Å². The van der Waals surface area contributed by atoms with Gasteiger partial charge in [0.1, 0.15) is 5.82 Å². The Morgan fingerprint density at radius 3 is 2.41 bits per heavy atom. The van der Waals surface area contributed by atoms with Crippen molar-refractivity contribution in [2.75, 3.05) is 13.7 Å². The zero-order chi connectivity index (χ0) is 13.1. The molecule has 1 aromatic rings. The molecule has 0 heterocycles. The summed E-state index contributed by atoms with van der Waals surface area (Å²) in [6.45, 7) is 2.17. The van der Waals surface area contributed by atoms with Crippen molar-refractivity contribution >= 4 is 0 Å². The molecule has 0 spiro atoms. The van der Waals surface area contributed by atoms with Crippen LogP contribution in [0.5, 0.6) is 0 Å². The normalized spacial score (nSPS) is 13.8. The van der Waals surface area contributed by atoms with Crippen LogP contribution in [0.4, 0.5) is 17.6 Å². The topological polar surface area (TPSA) is 9.23 Å². The third kappa shape index (κ3) is 3.43. The number of hydrogen-bond donors (Lipinski definition) is 0. The molecule has 0 aliphatic carbocycles. The van der Waals surface area contributed by atoms with Crippen molar-refractivity contribution in [2.45, 2.75) is 25.4 Å². The van der Waals surface area contributed by atoms with E-state index in [-0.39, 0.29) is 5.92 Å². The average Bonchev–Trinajstić information content (AvgIpc) is 2.25. The van der Waals surface area contributed by atoms with E-state index in [0.29, 0.717) is 18.6 Å². The number of alkyl halides is 3. The quantitative estimate of drug-likeness (QED) is 0.734. The van der Waals surface area contributed by atoms with Gasteiger partial charge < -0.3 is 4.74 Å². The van der Waals surface area contributed by atoms with Gasteiger partial charge in [0.2, 0.25) is 0 Å². The van der Waals surface area contributed by atoms with Gasteiger partial charge in [-0.25, -0.2) is 4.39 Å². The van der Waals surface area contributed by atoms with Crippen LogP contribution < -0.4 is 0 Å². The summed E-state index contributed by atoms with van der Waals surface area (Å²) in [5.41, 5.74) is -0.771. The maximum Gasteiger partial charge on any atom is 0.419 e. The molecule has 0 saturated heterocycles. The molecule has 1 rings (SSSR count). The lowest BCUT2D eigenvalue weighted by Gasteiger charge is -2.16. The Kier molecular flexibility index (Phi) is 4.51. The molecule has 0 aliphatic heterocycles. The highest BCUT2D eigenvalue weighted by Crippen LogP contribution is 2.33. The van der Waals surface area contributed by atoms with Gasteiger partial charge in [-0.2, -0.15) is 13.2 Å². The largest absolute Gasteiger partial charge is 0.419 e. The molecule has 0 N–H and O–H groups in total. The molecule has 0 saturated carbocycles. The maximum atomic E-state index is 13.1. The third-order valence-electron chi connectivity index (χ3n) is 2.63. The number of halogens is 4. The Labute approximate surface area is 97.4 Å². The van der Waals surface area contributed by atoms with Gasteiger partial charge >= 0.3 is 6.18 Å². The number of ether oxygens (including phenoxy) is 1. The van der Waals surface area contributed by atoms with E-state index in [0.717, 1.165) is 12.1 Å². The lowest BCUT2D eigenvalue weighted by atomic mass is 9.95. The number of hydrogen-bond acceptors (Lipinski definition) is 1. The summed E-state index contributed by atoms with van der Waals surface area (Å²) in [5.74, 6) is -1.39. The molecule has 1 atom stereocenters. The fourth-order valence-corrected chi connectivity index (χ4v) is 1.67. The molecule has 0 bridgehead atoms. The van der Waals surface area contributed by atoms with E-state index in [2.05, 4.69) is 0 Å².